The summed E-state index contributed by atoms with van der Waals surface area (Å²) in [5.41, 5.74) is 0.538. The van der Waals surface area contributed by atoms with E-state index in [1.165, 1.54) is 11.8 Å². The predicted molar refractivity (Wildman–Crippen MR) is 130 cm³/mol. The van der Waals surface area contributed by atoms with E-state index in [0.717, 1.165) is 4.47 Å². The molecule has 0 aliphatic carbocycles. The van der Waals surface area contributed by atoms with Gasteiger partial charge in [0.15, 0.2) is 11.0 Å². The number of anilines is 1. The maximum Gasteiger partial charge on any atom is 0.234 e. The first-order chi connectivity index (χ1) is 14.9. The molecule has 6 nitrogen and oxygen atoms in total. The molecule has 0 saturated heterocycles. The molecule has 0 atom stereocenters. The number of carbonyl (C=O) groups excluding carboxylic acids is 1. The molecule has 1 N–H and O–H groups in total. The highest BCUT2D eigenvalue weighted by Crippen LogP contribution is 2.29. The zero-order valence-electron chi connectivity index (χ0n) is 15.9. The molecule has 0 fully saturated rings. The molecule has 1 amide bonds. The number of carbonyl (C=O) groups is 1. The van der Waals surface area contributed by atoms with Crippen molar-refractivity contribution in [1.82, 2.24) is 14.8 Å². The van der Waals surface area contributed by atoms with Gasteiger partial charge in [0.05, 0.1) is 21.5 Å². The number of halogens is 4. The third-order valence-corrected chi connectivity index (χ3v) is 6.21. The molecular formula is C20H16BrCl3N4O2S. The van der Waals surface area contributed by atoms with Crippen LogP contribution in [0.1, 0.15) is 5.82 Å². The van der Waals surface area contributed by atoms with E-state index in [2.05, 4.69) is 38.0 Å². The van der Waals surface area contributed by atoms with Crippen molar-refractivity contribution in [2.24, 2.45) is 0 Å². The maximum absolute atomic E-state index is 12.3. The fourth-order valence-electron chi connectivity index (χ4n) is 2.48. The normalized spacial score (nSPS) is 10.7. The molecule has 11 heteroatoms. The lowest BCUT2D eigenvalue weighted by molar-refractivity contribution is -0.113. The fraction of sp³-hybridized carbons (Fsp3) is 0.150. The Kier molecular flexibility index (Phi) is 8.68. The van der Waals surface area contributed by atoms with Crippen LogP contribution in [-0.4, -0.2) is 26.4 Å². The number of thioether (sulfide) groups is 1. The predicted octanol–water partition coefficient (Wildman–Crippen LogP) is 6.50. The molecule has 0 bridgehead atoms. The smallest absolute Gasteiger partial charge is 0.234 e. The molecule has 2 aromatic carbocycles. The summed E-state index contributed by atoms with van der Waals surface area (Å²) in [5, 5.41) is 13.1. The molecule has 0 radical (unpaired) electrons. The number of aromatic nitrogens is 3. The van der Waals surface area contributed by atoms with Crippen molar-refractivity contribution in [3.63, 3.8) is 0 Å². The van der Waals surface area contributed by atoms with Crippen LogP contribution in [0.5, 0.6) is 5.75 Å². The molecule has 0 saturated carbocycles. The summed E-state index contributed by atoms with van der Waals surface area (Å²) >= 11 is 22.9. The van der Waals surface area contributed by atoms with Gasteiger partial charge in [-0.05, 0) is 30.3 Å². The molecule has 1 heterocycles. The quantitative estimate of drug-likeness (QED) is 0.238. The van der Waals surface area contributed by atoms with Gasteiger partial charge in [-0.15, -0.1) is 16.8 Å². The monoisotopic (exact) mass is 560 g/mol. The highest BCUT2D eigenvalue weighted by Gasteiger charge is 2.15. The van der Waals surface area contributed by atoms with E-state index in [1.54, 1.807) is 42.5 Å². The number of amides is 1. The van der Waals surface area contributed by atoms with E-state index in [-0.39, 0.29) is 18.3 Å². The molecule has 0 spiro atoms. The van der Waals surface area contributed by atoms with Gasteiger partial charge in [0.1, 0.15) is 12.4 Å². The van der Waals surface area contributed by atoms with E-state index in [9.17, 15) is 4.79 Å². The Morgan fingerprint density at radius 1 is 1.19 bits per heavy atom. The van der Waals surface area contributed by atoms with Crippen LogP contribution in [0, 0.1) is 0 Å². The van der Waals surface area contributed by atoms with Crippen LogP contribution in [0.3, 0.4) is 0 Å². The molecular weight excluding hydrogens is 547 g/mol. The summed E-state index contributed by atoms with van der Waals surface area (Å²) in [7, 11) is 0. The second-order valence-corrected chi connectivity index (χ2v) is 9.23. The minimum Gasteiger partial charge on any atom is -0.484 e. The number of nitrogens with zero attached hydrogens (tertiary/aromatic N) is 3. The third-order valence-electron chi connectivity index (χ3n) is 3.89. The maximum atomic E-state index is 12.3. The van der Waals surface area contributed by atoms with Gasteiger partial charge in [0.2, 0.25) is 5.91 Å². The Bertz CT molecular complexity index is 1110. The highest BCUT2D eigenvalue weighted by atomic mass is 79.9. The zero-order valence-corrected chi connectivity index (χ0v) is 20.6. The van der Waals surface area contributed by atoms with Crippen molar-refractivity contribution < 1.29 is 9.53 Å². The van der Waals surface area contributed by atoms with Gasteiger partial charge in [-0.3, -0.25) is 9.36 Å². The van der Waals surface area contributed by atoms with Crippen LogP contribution in [0.2, 0.25) is 15.1 Å². The zero-order chi connectivity index (χ0) is 22.4. The van der Waals surface area contributed by atoms with Crippen molar-refractivity contribution >= 4 is 74.1 Å². The number of hydrogen-bond acceptors (Lipinski definition) is 5. The highest BCUT2D eigenvalue weighted by molar-refractivity contribution is 9.10. The van der Waals surface area contributed by atoms with Gasteiger partial charge in [0, 0.05) is 22.1 Å². The molecule has 31 heavy (non-hydrogen) atoms. The van der Waals surface area contributed by atoms with Crippen molar-refractivity contribution in [1.29, 1.82) is 0 Å². The number of benzene rings is 2. The van der Waals surface area contributed by atoms with E-state index in [4.69, 9.17) is 39.5 Å². The molecule has 3 rings (SSSR count). The second-order valence-electron chi connectivity index (χ2n) is 6.12. The molecule has 0 unspecified atom stereocenters. The Morgan fingerprint density at radius 2 is 2.00 bits per heavy atom. The van der Waals surface area contributed by atoms with E-state index >= 15 is 0 Å². The lowest BCUT2D eigenvalue weighted by atomic mass is 10.3. The minimum atomic E-state index is -0.217. The third kappa shape index (κ3) is 6.63. The summed E-state index contributed by atoms with van der Waals surface area (Å²) in [6.07, 6.45) is 1.71. The fourth-order valence-corrected chi connectivity index (χ4v) is 4.30. The summed E-state index contributed by atoms with van der Waals surface area (Å²) in [5.74, 6) is 0.922. The van der Waals surface area contributed by atoms with Crippen molar-refractivity contribution in [3.05, 3.63) is 74.4 Å². The van der Waals surface area contributed by atoms with E-state index < -0.39 is 0 Å². The number of nitrogens with one attached hydrogen (secondary N) is 1. The van der Waals surface area contributed by atoms with Gasteiger partial charge < -0.3 is 10.1 Å². The summed E-state index contributed by atoms with van der Waals surface area (Å²) in [6, 6.07) is 10.2. The Balaban J connectivity index is 1.64. The first-order valence-electron chi connectivity index (χ1n) is 8.86. The van der Waals surface area contributed by atoms with Crippen LogP contribution in [0.25, 0.3) is 0 Å². The molecule has 1 aromatic heterocycles. The van der Waals surface area contributed by atoms with Gasteiger partial charge in [-0.1, -0.05) is 68.6 Å². The number of allylic oxidation sites excluding steroid dienone is 1. The van der Waals surface area contributed by atoms with E-state index in [0.29, 0.717) is 44.0 Å². The van der Waals surface area contributed by atoms with Crippen molar-refractivity contribution in [3.8, 4) is 5.75 Å². The summed E-state index contributed by atoms with van der Waals surface area (Å²) in [6.45, 7) is 4.35. The van der Waals surface area contributed by atoms with Crippen LogP contribution < -0.4 is 10.1 Å². The van der Waals surface area contributed by atoms with Gasteiger partial charge in [0.25, 0.3) is 0 Å². The molecule has 162 valence electrons. The minimum absolute atomic E-state index is 0.127. The Labute approximate surface area is 207 Å². The standard InChI is InChI=1S/C20H16BrCl3N4O2S/c1-2-7-28-18(10-30-17-9-13(22)4-5-14(17)23)26-27-20(28)31-11-19(29)25-16-6-3-12(21)8-15(16)24/h2-6,8-9H,1,7,10-11H2,(H,25,29). The van der Waals surface area contributed by atoms with Gasteiger partial charge in [-0.25, -0.2) is 0 Å². The second kappa shape index (κ2) is 11.2. The average molecular weight is 563 g/mol. The molecule has 0 aliphatic heterocycles. The lowest BCUT2D eigenvalue weighted by Crippen LogP contribution is -2.15. The number of hydrogen-bond donors (Lipinski definition) is 1. The number of ether oxygens (including phenoxy) is 1. The summed E-state index contributed by atoms with van der Waals surface area (Å²) in [4.78, 5) is 12.3. The van der Waals surface area contributed by atoms with Crippen molar-refractivity contribution in [2.75, 3.05) is 11.1 Å². The average Bonchev–Trinajstić information content (AvgIpc) is 3.11. The Hall–Kier alpha value is -1.71. The lowest BCUT2D eigenvalue weighted by Gasteiger charge is -2.11. The largest absolute Gasteiger partial charge is 0.484 e. The molecule has 3 aromatic rings. The van der Waals surface area contributed by atoms with Crippen LogP contribution in [0.4, 0.5) is 5.69 Å². The van der Waals surface area contributed by atoms with Crippen LogP contribution in [-0.2, 0) is 17.9 Å². The molecule has 0 aliphatic rings. The topological polar surface area (TPSA) is 69.0 Å². The Morgan fingerprint density at radius 3 is 2.74 bits per heavy atom. The van der Waals surface area contributed by atoms with Crippen molar-refractivity contribution in [2.45, 2.75) is 18.3 Å². The van der Waals surface area contributed by atoms with Crippen LogP contribution >= 0.6 is 62.5 Å². The summed E-state index contributed by atoms with van der Waals surface area (Å²) < 4.78 is 8.40. The SMILES string of the molecule is C=CCn1c(COc2cc(Cl)ccc2Cl)nnc1SCC(=O)Nc1ccc(Br)cc1Cl. The van der Waals surface area contributed by atoms with Gasteiger partial charge >= 0.3 is 0 Å². The van der Waals surface area contributed by atoms with Crippen LogP contribution in [0.15, 0.2) is 58.7 Å². The number of rotatable bonds is 9. The first kappa shape index (κ1) is 23.9. The van der Waals surface area contributed by atoms with Gasteiger partial charge in [-0.2, -0.15) is 0 Å². The first-order valence-corrected chi connectivity index (χ1v) is 11.8. The van der Waals surface area contributed by atoms with E-state index in [1.807, 2.05) is 4.57 Å².